The standard InChI is InChI=1S/C4H5NO5/c1-2(6)10-5-3(7)4(8)9/h1H3,(H,5,7)(H,8,9). The summed E-state index contributed by atoms with van der Waals surface area (Å²) in [6, 6.07) is 0. The second kappa shape index (κ2) is 3.44. The summed E-state index contributed by atoms with van der Waals surface area (Å²) in [4.78, 5) is 33.6. The maximum atomic E-state index is 10.1. The lowest BCUT2D eigenvalue weighted by atomic mass is 10.7. The molecule has 0 rings (SSSR count). The highest BCUT2D eigenvalue weighted by atomic mass is 16.7. The highest BCUT2D eigenvalue weighted by Crippen LogP contribution is 1.70. The van der Waals surface area contributed by atoms with Gasteiger partial charge in [0, 0.05) is 6.92 Å². The van der Waals surface area contributed by atoms with Gasteiger partial charge in [-0.1, -0.05) is 0 Å². The van der Waals surface area contributed by atoms with Gasteiger partial charge in [0.25, 0.3) is 0 Å². The molecule has 0 aliphatic carbocycles. The highest BCUT2D eigenvalue weighted by molar-refractivity contribution is 6.31. The molecule has 10 heavy (non-hydrogen) atoms. The average molecular weight is 147 g/mol. The van der Waals surface area contributed by atoms with E-state index in [-0.39, 0.29) is 0 Å². The minimum atomic E-state index is -1.71. The zero-order chi connectivity index (χ0) is 8.15. The number of rotatable bonds is 0. The first-order chi connectivity index (χ1) is 4.54. The smallest absolute Gasteiger partial charge is 0.397 e. The van der Waals surface area contributed by atoms with Crippen LogP contribution in [0.4, 0.5) is 0 Å². The summed E-state index contributed by atoms with van der Waals surface area (Å²) >= 11 is 0. The lowest BCUT2D eigenvalue weighted by Crippen LogP contribution is -2.32. The molecule has 56 valence electrons. The summed E-state index contributed by atoms with van der Waals surface area (Å²) in [7, 11) is 0. The molecule has 0 unspecified atom stereocenters. The van der Waals surface area contributed by atoms with Gasteiger partial charge >= 0.3 is 17.8 Å². The molecular formula is C4H5NO5. The van der Waals surface area contributed by atoms with Crippen LogP contribution in [0.3, 0.4) is 0 Å². The number of hydrogen-bond donors (Lipinski definition) is 2. The van der Waals surface area contributed by atoms with Gasteiger partial charge in [0.15, 0.2) is 0 Å². The molecule has 0 radical (unpaired) electrons. The minimum Gasteiger partial charge on any atom is -0.474 e. The van der Waals surface area contributed by atoms with Crippen LogP contribution in [-0.2, 0) is 19.2 Å². The van der Waals surface area contributed by atoms with Crippen molar-refractivity contribution in [3.63, 3.8) is 0 Å². The normalized spacial score (nSPS) is 8.10. The van der Waals surface area contributed by atoms with Crippen LogP contribution in [0.1, 0.15) is 6.92 Å². The Balaban J connectivity index is 3.60. The van der Waals surface area contributed by atoms with E-state index in [0.29, 0.717) is 0 Å². The second-order valence-electron chi connectivity index (χ2n) is 1.33. The Morgan fingerprint density at radius 2 is 1.90 bits per heavy atom. The summed E-state index contributed by atoms with van der Waals surface area (Å²) < 4.78 is 0. The lowest BCUT2D eigenvalue weighted by Gasteiger charge is -1.97. The van der Waals surface area contributed by atoms with Crippen molar-refractivity contribution in [2.24, 2.45) is 0 Å². The predicted octanol–water partition coefficient (Wildman–Crippen LogP) is -1.33. The molecule has 0 fully saturated rings. The molecule has 0 aliphatic heterocycles. The van der Waals surface area contributed by atoms with Crippen molar-refractivity contribution in [1.29, 1.82) is 0 Å². The van der Waals surface area contributed by atoms with E-state index < -0.39 is 17.8 Å². The van der Waals surface area contributed by atoms with Gasteiger partial charge in [-0.05, 0) is 0 Å². The molecule has 2 N–H and O–H groups in total. The molecule has 0 saturated heterocycles. The van der Waals surface area contributed by atoms with Crippen molar-refractivity contribution in [2.45, 2.75) is 6.92 Å². The summed E-state index contributed by atoms with van der Waals surface area (Å²) in [6.45, 7) is 1.03. The summed E-state index contributed by atoms with van der Waals surface area (Å²) in [5.74, 6) is -3.87. The molecule has 0 heterocycles. The topological polar surface area (TPSA) is 92.7 Å². The maximum absolute atomic E-state index is 10.1. The van der Waals surface area contributed by atoms with E-state index >= 15 is 0 Å². The fourth-order valence-corrected chi connectivity index (χ4v) is 0.162. The zero-order valence-electron chi connectivity index (χ0n) is 5.08. The van der Waals surface area contributed by atoms with E-state index in [9.17, 15) is 14.4 Å². The Kier molecular flexibility index (Phi) is 2.89. The van der Waals surface area contributed by atoms with Crippen molar-refractivity contribution in [1.82, 2.24) is 5.48 Å². The Bertz CT molecular complexity index is 174. The average Bonchev–Trinajstić information content (AvgIpc) is 1.82. The van der Waals surface area contributed by atoms with Gasteiger partial charge in [0.1, 0.15) is 0 Å². The third kappa shape index (κ3) is 3.42. The highest BCUT2D eigenvalue weighted by Gasteiger charge is 2.10. The van der Waals surface area contributed by atoms with Gasteiger partial charge in [-0.2, -0.15) is 5.48 Å². The van der Waals surface area contributed by atoms with E-state index in [1.165, 1.54) is 5.48 Å². The first kappa shape index (κ1) is 8.41. The van der Waals surface area contributed by atoms with Crippen LogP contribution in [0.5, 0.6) is 0 Å². The Labute approximate surface area is 55.7 Å². The molecular weight excluding hydrogens is 142 g/mol. The number of hydrogen-bond acceptors (Lipinski definition) is 4. The van der Waals surface area contributed by atoms with E-state index in [1.54, 1.807) is 0 Å². The van der Waals surface area contributed by atoms with Crippen molar-refractivity contribution in [2.75, 3.05) is 0 Å². The number of carbonyl (C=O) groups is 3. The first-order valence-electron chi connectivity index (χ1n) is 2.24. The van der Waals surface area contributed by atoms with Gasteiger partial charge < -0.3 is 9.94 Å². The van der Waals surface area contributed by atoms with Gasteiger partial charge in [-0.15, -0.1) is 0 Å². The largest absolute Gasteiger partial charge is 0.474 e. The lowest BCUT2D eigenvalue weighted by molar-refractivity contribution is -0.163. The molecule has 0 aromatic rings. The quantitative estimate of drug-likeness (QED) is 0.327. The molecule has 0 bridgehead atoms. The molecule has 0 spiro atoms. The predicted molar refractivity (Wildman–Crippen MR) is 27.5 cm³/mol. The van der Waals surface area contributed by atoms with Crippen LogP contribution in [0.25, 0.3) is 0 Å². The van der Waals surface area contributed by atoms with Crippen molar-refractivity contribution < 1.29 is 24.3 Å². The molecule has 0 atom stereocenters. The van der Waals surface area contributed by atoms with Crippen molar-refractivity contribution in [3.05, 3.63) is 0 Å². The van der Waals surface area contributed by atoms with Crippen LogP contribution in [0.15, 0.2) is 0 Å². The molecule has 1 amide bonds. The Morgan fingerprint density at radius 3 is 2.20 bits per heavy atom. The minimum absolute atomic E-state index is 0.783. The number of amides is 1. The van der Waals surface area contributed by atoms with E-state index in [1.807, 2.05) is 0 Å². The first-order valence-corrected chi connectivity index (χ1v) is 2.24. The number of hydroxylamine groups is 1. The van der Waals surface area contributed by atoms with Crippen molar-refractivity contribution >= 4 is 17.8 Å². The monoisotopic (exact) mass is 147 g/mol. The maximum Gasteiger partial charge on any atom is 0.397 e. The zero-order valence-corrected chi connectivity index (χ0v) is 5.08. The van der Waals surface area contributed by atoms with E-state index in [2.05, 4.69) is 4.84 Å². The summed E-state index contributed by atoms with van der Waals surface area (Å²) in [5.41, 5.74) is 1.39. The van der Waals surface area contributed by atoms with Crippen LogP contribution in [-0.4, -0.2) is 23.0 Å². The van der Waals surface area contributed by atoms with Crippen LogP contribution >= 0.6 is 0 Å². The third-order valence-corrected chi connectivity index (χ3v) is 0.482. The van der Waals surface area contributed by atoms with Gasteiger partial charge in [0.05, 0.1) is 0 Å². The molecule has 0 aromatic carbocycles. The van der Waals surface area contributed by atoms with E-state index in [4.69, 9.17) is 5.11 Å². The number of carboxylic acids is 1. The fraction of sp³-hybridized carbons (Fsp3) is 0.250. The summed E-state index contributed by atoms with van der Waals surface area (Å²) in [5, 5.41) is 7.89. The van der Waals surface area contributed by atoms with Gasteiger partial charge in [-0.3, -0.25) is 9.59 Å². The van der Waals surface area contributed by atoms with Crippen molar-refractivity contribution in [3.8, 4) is 0 Å². The molecule has 6 heteroatoms. The van der Waals surface area contributed by atoms with Crippen LogP contribution in [0.2, 0.25) is 0 Å². The number of aliphatic carboxylic acids is 1. The van der Waals surface area contributed by atoms with Crippen LogP contribution in [0, 0.1) is 0 Å². The molecule has 6 nitrogen and oxygen atoms in total. The molecule has 0 aliphatic rings. The van der Waals surface area contributed by atoms with Gasteiger partial charge in [-0.25, -0.2) is 4.79 Å². The second-order valence-corrected chi connectivity index (χ2v) is 1.33. The number of carboxylic acid groups (broad SMARTS) is 1. The number of nitrogens with one attached hydrogen (secondary N) is 1. The Morgan fingerprint density at radius 1 is 1.40 bits per heavy atom. The van der Waals surface area contributed by atoms with Gasteiger partial charge in [0.2, 0.25) is 0 Å². The van der Waals surface area contributed by atoms with Crippen LogP contribution < -0.4 is 5.48 Å². The molecule has 0 aromatic heterocycles. The molecule has 0 saturated carbocycles. The summed E-state index contributed by atoms with van der Waals surface area (Å²) in [6.07, 6.45) is 0. The van der Waals surface area contributed by atoms with E-state index in [0.717, 1.165) is 6.92 Å². The Hall–Kier alpha value is -1.59. The number of carbonyl (C=O) groups excluding carboxylic acids is 2. The fourth-order valence-electron chi connectivity index (χ4n) is 0.162. The SMILES string of the molecule is CC(=O)ONC(=O)C(=O)O. The third-order valence-electron chi connectivity index (χ3n) is 0.482.